The summed E-state index contributed by atoms with van der Waals surface area (Å²) in [5.41, 5.74) is 16.9. The normalized spacial score (nSPS) is 20.3. The first-order chi connectivity index (χ1) is 28.4. The summed E-state index contributed by atoms with van der Waals surface area (Å²) in [6.07, 6.45) is 9.84. The zero-order valence-corrected chi connectivity index (χ0v) is 36.1. The van der Waals surface area contributed by atoms with E-state index in [1.54, 1.807) is 0 Å². The van der Waals surface area contributed by atoms with Gasteiger partial charge in [-0.25, -0.2) is 0 Å². The van der Waals surface area contributed by atoms with Crippen LogP contribution in [0.4, 0.5) is 22.7 Å². The monoisotopic (exact) mass is 781 g/mol. The molecule has 4 heterocycles. The van der Waals surface area contributed by atoms with Gasteiger partial charge in [0.1, 0.15) is 0 Å². The van der Waals surface area contributed by atoms with Crippen molar-refractivity contribution >= 4 is 22.7 Å². The Balaban J connectivity index is 0.000000121. The predicted octanol–water partition coefficient (Wildman–Crippen LogP) is 14.5. The third kappa shape index (κ3) is 7.66. The molecule has 0 amide bonds. The van der Waals surface area contributed by atoms with Crippen LogP contribution in [0.15, 0.2) is 176 Å². The molecule has 0 radical (unpaired) electrons. The topological polar surface area (TPSA) is 48.1 Å². The Hall–Kier alpha value is -5.74. The SMILES string of the molecule is C=C1Nc2ccccc2C1(C)C.C=C1Nc2ccccc2C1(C)Cc1ccccc1.C=C1Nc2ccccc2C1(CC)CC.C=C1Nc2ccccc2C12CCCCC2. The highest BCUT2D eigenvalue weighted by Gasteiger charge is 2.43. The zero-order valence-electron chi connectivity index (χ0n) is 36.1. The molecule has 304 valence electrons. The fraction of sp³-hybridized carbons (Fsp3) is 0.309. The Labute approximate surface area is 354 Å². The third-order valence-electron chi connectivity index (χ3n) is 14.0. The van der Waals surface area contributed by atoms with Crippen LogP contribution < -0.4 is 21.3 Å². The molecule has 1 unspecified atom stereocenters. The third-order valence-corrected chi connectivity index (χ3v) is 14.0. The lowest BCUT2D eigenvalue weighted by molar-refractivity contribution is 0.351. The highest BCUT2D eigenvalue weighted by Crippen LogP contribution is 2.52. The largest absolute Gasteiger partial charge is 0.358 e. The molecule has 1 fully saturated rings. The number of hydrogen-bond acceptors (Lipinski definition) is 4. The van der Waals surface area contributed by atoms with E-state index in [1.807, 2.05) is 6.07 Å². The summed E-state index contributed by atoms with van der Waals surface area (Å²) in [6.45, 7) is 27.7. The minimum atomic E-state index is -0.0159. The van der Waals surface area contributed by atoms with E-state index in [1.165, 1.54) is 88.4 Å². The van der Waals surface area contributed by atoms with Gasteiger partial charge in [-0.2, -0.15) is 0 Å². The number of para-hydroxylation sites is 4. The van der Waals surface area contributed by atoms with Gasteiger partial charge in [0.05, 0.1) is 0 Å². The molecule has 59 heavy (non-hydrogen) atoms. The molecule has 1 saturated carbocycles. The summed E-state index contributed by atoms with van der Waals surface area (Å²) in [7, 11) is 0. The van der Waals surface area contributed by atoms with Crippen LogP contribution >= 0.6 is 0 Å². The summed E-state index contributed by atoms with van der Waals surface area (Å²) >= 11 is 0. The number of benzene rings is 5. The highest BCUT2D eigenvalue weighted by molar-refractivity contribution is 5.70. The quantitative estimate of drug-likeness (QED) is 0.147. The first-order valence-electron chi connectivity index (χ1n) is 21.7. The van der Waals surface area contributed by atoms with E-state index >= 15 is 0 Å². The van der Waals surface area contributed by atoms with Gasteiger partial charge in [0.25, 0.3) is 0 Å². The Morgan fingerprint density at radius 2 is 0.864 bits per heavy atom. The van der Waals surface area contributed by atoms with Crippen LogP contribution in [0.25, 0.3) is 0 Å². The smallest absolute Gasteiger partial charge is 0.0424 e. The van der Waals surface area contributed by atoms with Gasteiger partial charge in [-0.1, -0.05) is 176 Å². The Bertz CT molecular complexity index is 2340. The number of anilines is 4. The van der Waals surface area contributed by atoms with Gasteiger partial charge >= 0.3 is 0 Å². The van der Waals surface area contributed by atoms with E-state index in [2.05, 4.69) is 204 Å². The van der Waals surface area contributed by atoms with Crippen molar-refractivity contribution in [2.45, 2.75) is 108 Å². The van der Waals surface area contributed by atoms with Gasteiger partial charge in [-0.3, -0.25) is 0 Å². The van der Waals surface area contributed by atoms with Gasteiger partial charge in [0.2, 0.25) is 0 Å². The maximum absolute atomic E-state index is 4.23. The molecule has 4 nitrogen and oxygen atoms in total. The molecule has 0 bridgehead atoms. The molecule has 1 atom stereocenters. The van der Waals surface area contributed by atoms with Crippen molar-refractivity contribution in [3.05, 3.63) is 204 Å². The molecule has 5 aromatic carbocycles. The molecule has 10 rings (SSSR count). The minimum absolute atomic E-state index is 0.0159. The van der Waals surface area contributed by atoms with E-state index in [0.29, 0.717) is 0 Å². The van der Waals surface area contributed by atoms with Crippen molar-refractivity contribution in [1.82, 2.24) is 0 Å². The minimum Gasteiger partial charge on any atom is -0.358 e. The van der Waals surface area contributed by atoms with Crippen LogP contribution in [0.5, 0.6) is 0 Å². The van der Waals surface area contributed by atoms with E-state index in [4.69, 9.17) is 0 Å². The lowest BCUT2D eigenvalue weighted by Gasteiger charge is -2.34. The number of nitrogens with one attached hydrogen (secondary N) is 4. The second kappa shape index (κ2) is 16.9. The second-order valence-electron chi connectivity index (χ2n) is 17.6. The molecule has 5 aliphatic rings. The molecule has 5 aromatic rings. The predicted molar refractivity (Wildman–Crippen MR) is 254 cm³/mol. The standard InChI is InChI=1S/C17H17N.C14H17N.C13H17N.C11H13N/c1-13-17(2,12-14-8-4-3-5-9-14)15-10-6-7-11-16(15)18-13;1-11-14(9-5-2-6-10-14)12-7-3-4-8-13(12)15-11;1-4-13(5-2)10(3)14-12-9-7-6-8-11(12)13;1-8-11(2,3)9-6-4-5-7-10(9)12-8/h3-11,18H,1,12H2,2H3;3-4,7-8,15H,1-2,5-6,9-10H2;6-9,14H,3-5H2,1-2H3;4-7,12H,1H2,2-3H3. The lowest BCUT2D eigenvalue weighted by atomic mass is 9.69. The summed E-state index contributed by atoms with van der Waals surface area (Å²) in [5.74, 6) is 0. The van der Waals surface area contributed by atoms with Gasteiger partial charge in [0.15, 0.2) is 0 Å². The van der Waals surface area contributed by atoms with Crippen molar-refractivity contribution in [3.63, 3.8) is 0 Å². The van der Waals surface area contributed by atoms with Crippen LogP contribution in [0.1, 0.15) is 107 Å². The fourth-order valence-corrected chi connectivity index (χ4v) is 10.1. The molecular formula is C55H64N4. The molecule has 4 heteroatoms. The molecular weight excluding hydrogens is 717 g/mol. The number of fused-ring (bicyclic) bond motifs is 5. The second-order valence-corrected chi connectivity index (χ2v) is 17.6. The van der Waals surface area contributed by atoms with Crippen LogP contribution in [0, 0.1) is 0 Å². The molecule has 0 aromatic heterocycles. The number of rotatable bonds is 4. The van der Waals surface area contributed by atoms with Crippen molar-refractivity contribution in [3.8, 4) is 0 Å². The molecule has 4 aliphatic heterocycles. The number of allylic oxidation sites excluding steroid dienone is 4. The summed E-state index contributed by atoms with van der Waals surface area (Å²) in [5, 5.41) is 13.6. The molecule has 0 saturated heterocycles. The van der Waals surface area contributed by atoms with E-state index < -0.39 is 0 Å². The summed E-state index contributed by atoms with van der Waals surface area (Å²) in [4.78, 5) is 0. The molecule has 1 aliphatic carbocycles. The zero-order chi connectivity index (χ0) is 41.8. The van der Waals surface area contributed by atoms with Gasteiger partial charge < -0.3 is 21.3 Å². The Kier molecular flexibility index (Phi) is 11.8. The van der Waals surface area contributed by atoms with E-state index in [9.17, 15) is 0 Å². The van der Waals surface area contributed by atoms with Crippen LogP contribution in [0.2, 0.25) is 0 Å². The van der Waals surface area contributed by atoms with Crippen molar-refractivity contribution in [2.24, 2.45) is 0 Å². The summed E-state index contributed by atoms with van der Waals surface area (Å²) in [6, 6.07) is 44.7. The fourth-order valence-electron chi connectivity index (χ4n) is 10.1. The first-order valence-corrected chi connectivity index (χ1v) is 21.7. The molecule has 1 spiro atoms. The van der Waals surface area contributed by atoms with Gasteiger partial charge in [0, 0.05) is 67.2 Å². The Morgan fingerprint density at radius 1 is 0.441 bits per heavy atom. The van der Waals surface area contributed by atoms with E-state index in [-0.39, 0.29) is 21.7 Å². The van der Waals surface area contributed by atoms with Crippen LogP contribution in [-0.4, -0.2) is 0 Å². The highest BCUT2D eigenvalue weighted by atomic mass is 15.0. The maximum atomic E-state index is 4.23. The van der Waals surface area contributed by atoms with Crippen LogP contribution in [-0.2, 0) is 28.1 Å². The van der Waals surface area contributed by atoms with E-state index in [0.717, 1.165) is 36.4 Å². The Morgan fingerprint density at radius 3 is 1.44 bits per heavy atom. The average molecular weight is 781 g/mol. The molecule has 4 N–H and O–H groups in total. The van der Waals surface area contributed by atoms with Crippen molar-refractivity contribution in [2.75, 3.05) is 21.3 Å². The lowest BCUT2D eigenvalue weighted by Crippen LogP contribution is -2.28. The van der Waals surface area contributed by atoms with Crippen molar-refractivity contribution in [1.29, 1.82) is 0 Å². The average Bonchev–Trinajstić information content (AvgIpc) is 3.88. The van der Waals surface area contributed by atoms with Gasteiger partial charge in [-0.15, -0.1) is 0 Å². The first kappa shape index (κ1) is 41.4. The van der Waals surface area contributed by atoms with Crippen LogP contribution in [0.3, 0.4) is 0 Å². The maximum Gasteiger partial charge on any atom is 0.0424 e. The van der Waals surface area contributed by atoms with Gasteiger partial charge in [-0.05, 0) is 91.1 Å². The number of hydrogen-bond donors (Lipinski definition) is 4. The van der Waals surface area contributed by atoms with Crippen molar-refractivity contribution < 1.29 is 0 Å². The summed E-state index contributed by atoms with van der Waals surface area (Å²) < 4.78 is 0.